The Labute approximate surface area is 184 Å². The zero-order valence-electron chi connectivity index (χ0n) is 18.4. The van der Waals surface area contributed by atoms with Gasteiger partial charge in [0.1, 0.15) is 0 Å². The first kappa shape index (κ1) is 25.1. The minimum absolute atomic E-state index is 0. The van der Waals surface area contributed by atoms with E-state index in [0.717, 1.165) is 13.0 Å². The number of nitrogens with zero attached hydrogens (tertiary/aromatic N) is 1. The molecule has 4 aliphatic rings. The first-order chi connectivity index (χ1) is 12.1. The van der Waals surface area contributed by atoms with E-state index in [2.05, 4.69) is 56.3 Å². The quantitative estimate of drug-likeness (QED) is 0.395. The summed E-state index contributed by atoms with van der Waals surface area (Å²) in [5, 5.41) is 3.39. The van der Waals surface area contributed by atoms with Gasteiger partial charge in [0.05, 0.1) is 22.2 Å². The molecular formula is C23H35CoNOSi2-. The number of hydrogen-bond acceptors (Lipinski definition) is 1. The van der Waals surface area contributed by atoms with Crippen LogP contribution in [-0.2, 0) is 21.6 Å². The second-order valence-corrected chi connectivity index (χ2v) is 19.7. The van der Waals surface area contributed by atoms with E-state index in [1.54, 1.807) is 10.4 Å². The SMILES string of the molecule is C[Si](C)(C)C1=C([Si](C)(C)C)[C@@H]2C=CC(=O)N3CCC(=C1)[C@H]23.[CH3-].[CH]1C=CC=C1.[Co]. The second kappa shape index (κ2) is 9.28. The van der Waals surface area contributed by atoms with Crippen molar-refractivity contribution in [2.75, 3.05) is 6.54 Å². The van der Waals surface area contributed by atoms with Gasteiger partial charge in [-0.3, -0.25) is 4.79 Å². The van der Waals surface area contributed by atoms with Crippen molar-refractivity contribution < 1.29 is 21.6 Å². The van der Waals surface area contributed by atoms with E-state index in [1.165, 1.54) is 5.57 Å². The van der Waals surface area contributed by atoms with Crippen molar-refractivity contribution in [1.82, 2.24) is 4.90 Å². The molecule has 0 bridgehead atoms. The molecule has 2 aliphatic heterocycles. The van der Waals surface area contributed by atoms with Crippen molar-refractivity contribution in [2.45, 2.75) is 51.7 Å². The molecule has 4 rings (SSSR count). The summed E-state index contributed by atoms with van der Waals surface area (Å²) in [6, 6.07) is 0.337. The number of rotatable bonds is 2. The summed E-state index contributed by atoms with van der Waals surface area (Å²) < 4.78 is 0. The molecule has 2 heterocycles. The standard InChI is InChI=1S/C17H27NOSi2.C5H5.CH3.Co/c1-20(2,3)14-11-12-9-10-18-15(19)8-7-13(16(12)18)17(14)21(4,5)6;1-2-4-5-3-1;;/h7-8,11,13,16H,9-10H2,1-6H3;1-5H;1H3;/q;;-1;/t13-,16-;;;/m1.../s1. The summed E-state index contributed by atoms with van der Waals surface area (Å²) >= 11 is 0. The molecule has 0 aromatic heterocycles. The Balaban J connectivity index is 0.000000490. The molecule has 0 saturated carbocycles. The Kier molecular flexibility index (Phi) is 8.34. The number of carbonyl (C=O) groups excluding carboxylic acids is 1. The molecule has 0 N–H and O–H groups in total. The molecule has 2 radical (unpaired) electrons. The molecule has 1 fully saturated rings. The number of amides is 1. The van der Waals surface area contributed by atoms with E-state index in [-0.39, 0.29) is 30.1 Å². The Hall–Kier alpha value is -0.890. The van der Waals surface area contributed by atoms with Crippen LogP contribution in [0.5, 0.6) is 0 Å². The van der Waals surface area contributed by atoms with Crippen molar-refractivity contribution in [1.29, 1.82) is 0 Å². The van der Waals surface area contributed by atoms with Crippen molar-refractivity contribution in [2.24, 2.45) is 5.92 Å². The predicted octanol–water partition coefficient (Wildman–Crippen LogP) is 5.53. The van der Waals surface area contributed by atoms with E-state index in [9.17, 15) is 4.79 Å². The van der Waals surface area contributed by atoms with Crippen molar-refractivity contribution >= 4 is 22.1 Å². The average molecular weight is 457 g/mol. The van der Waals surface area contributed by atoms with Crippen LogP contribution in [0.1, 0.15) is 6.42 Å². The van der Waals surface area contributed by atoms with Crippen molar-refractivity contribution in [3.05, 3.63) is 72.3 Å². The van der Waals surface area contributed by atoms with E-state index in [1.807, 2.05) is 36.8 Å². The summed E-state index contributed by atoms with van der Waals surface area (Å²) in [5.41, 5.74) is 1.51. The molecule has 1 saturated heterocycles. The molecular weight excluding hydrogens is 421 g/mol. The summed E-state index contributed by atoms with van der Waals surface area (Å²) in [5.74, 6) is 0.671. The third-order valence-electron chi connectivity index (χ3n) is 5.55. The Morgan fingerprint density at radius 2 is 1.57 bits per heavy atom. The third kappa shape index (κ3) is 4.99. The van der Waals surface area contributed by atoms with Gasteiger partial charge in [-0.15, -0.1) is 0 Å². The fourth-order valence-electron chi connectivity index (χ4n) is 4.50. The maximum Gasteiger partial charge on any atom is 0.246 e. The smallest absolute Gasteiger partial charge is 0.246 e. The molecule has 5 heteroatoms. The Morgan fingerprint density at radius 3 is 2.04 bits per heavy atom. The number of hydrogen-bond donors (Lipinski definition) is 0. The van der Waals surface area contributed by atoms with Crippen LogP contribution in [0.25, 0.3) is 0 Å². The summed E-state index contributed by atoms with van der Waals surface area (Å²) in [7, 11) is -2.77. The first-order valence-corrected chi connectivity index (χ1v) is 16.7. The van der Waals surface area contributed by atoms with Gasteiger partial charge in [-0.1, -0.05) is 86.1 Å². The Morgan fingerprint density at radius 1 is 0.964 bits per heavy atom. The van der Waals surface area contributed by atoms with Crippen LogP contribution < -0.4 is 0 Å². The van der Waals surface area contributed by atoms with Crippen molar-refractivity contribution in [3.8, 4) is 0 Å². The van der Waals surface area contributed by atoms with Gasteiger partial charge in [-0.25, -0.2) is 0 Å². The predicted molar refractivity (Wildman–Crippen MR) is 124 cm³/mol. The Bertz CT molecular complexity index is 738. The minimum Gasteiger partial charge on any atom is -0.358 e. The molecule has 28 heavy (non-hydrogen) atoms. The fraction of sp³-hybridized carbons (Fsp3) is 0.435. The van der Waals surface area contributed by atoms with Crippen LogP contribution in [-0.4, -0.2) is 39.5 Å². The fourth-order valence-corrected chi connectivity index (χ4v) is 10.5. The van der Waals surface area contributed by atoms with Gasteiger partial charge in [0.2, 0.25) is 5.91 Å². The van der Waals surface area contributed by atoms with Crippen LogP contribution in [0.3, 0.4) is 0 Å². The van der Waals surface area contributed by atoms with Gasteiger partial charge in [0.15, 0.2) is 0 Å². The molecule has 156 valence electrons. The van der Waals surface area contributed by atoms with Gasteiger partial charge in [-0.05, 0) is 18.1 Å². The van der Waals surface area contributed by atoms with Gasteiger partial charge in [-0.2, -0.15) is 0 Å². The molecule has 2 atom stereocenters. The number of allylic oxidation sites excluding steroid dienone is 6. The zero-order valence-corrected chi connectivity index (χ0v) is 21.4. The molecule has 2 nitrogen and oxygen atoms in total. The van der Waals surface area contributed by atoms with Crippen LogP contribution in [0.15, 0.2) is 58.5 Å². The van der Waals surface area contributed by atoms with Crippen LogP contribution in [0, 0.1) is 19.8 Å². The first-order valence-electron chi connectivity index (χ1n) is 9.72. The van der Waals surface area contributed by atoms with E-state index < -0.39 is 16.1 Å². The van der Waals surface area contributed by atoms with E-state index in [0.29, 0.717) is 12.0 Å². The monoisotopic (exact) mass is 456 g/mol. The van der Waals surface area contributed by atoms with E-state index >= 15 is 0 Å². The van der Waals surface area contributed by atoms with Gasteiger partial charge < -0.3 is 12.3 Å². The molecule has 2 aliphatic carbocycles. The molecule has 0 spiro atoms. The molecule has 0 aromatic rings. The van der Waals surface area contributed by atoms with E-state index in [4.69, 9.17) is 0 Å². The minimum atomic E-state index is -1.41. The normalized spacial score (nSPS) is 24.9. The molecule has 0 unspecified atom stereocenters. The molecule has 1 amide bonds. The zero-order chi connectivity index (χ0) is 19.1. The van der Waals surface area contributed by atoms with Gasteiger partial charge >= 0.3 is 0 Å². The van der Waals surface area contributed by atoms with Gasteiger partial charge in [0, 0.05) is 35.7 Å². The molecule has 0 aromatic carbocycles. The largest absolute Gasteiger partial charge is 0.358 e. The van der Waals surface area contributed by atoms with Crippen molar-refractivity contribution in [3.63, 3.8) is 0 Å². The van der Waals surface area contributed by atoms with Crippen LogP contribution in [0.4, 0.5) is 0 Å². The number of carbonyl (C=O) groups is 1. The maximum atomic E-state index is 12.2. The summed E-state index contributed by atoms with van der Waals surface area (Å²) in [4.78, 5) is 14.3. The summed E-state index contributed by atoms with van der Waals surface area (Å²) in [6.45, 7) is 15.7. The topological polar surface area (TPSA) is 20.3 Å². The van der Waals surface area contributed by atoms with Crippen LogP contribution in [0.2, 0.25) is 39.3 Å². The average Bonchev–Trinajstić information content (AvgIpc) is 3.21. The third-order valence-corrected chi connectivity index (χ3v) is 10.0. The van der Waals surface area contributed by atoms with Crippen LogP contribution >= 0.6 is 0 Å². The summed E-state index contributed by atoms with van der Waals surface area (Å²) in [6.07, 6.45) is 17.6. The second-order valence-electron chi connectivity index (χ2n) is 9.62. The maximum absolute atomic E-state index is 12.2. The van der Waals surface area contributed by atoms with Gasteiger partial charge in [0.25, 0.3) is 0 Å².